The Morgan fingerprint density at radius 3 is 3.08 bits per heavy atom. The molecule has 0 bridgehead atoms. The van der Waals surface area contributed by atoms with Gasteiger partial charge in [0.05, 0.1) is 0 Å². The van der Waals surface area contributed by atoms with Crippen molar-refractivity contribution in [2.75, 3.05) is 18.1 Å². The molecule has 0 aliphatic carbocycles. The van der Waals surface area contributed by atoms with Crippen LogP contribution in [0.1, 0.15) is 32.6 Å². The zero-order chi connectivity index (χ0) is 9.52. The highest BCUT2D eigenvalue weighted by molar-refractivity contribution is 7.99. The van der Waals surface area contributed by atoms with Crippen molar-refractivity contribution in [3.05, 3.63) is 0 Å². The van der Waals surface area contributed by atoms with E-state index in [-0.39, 0.29) is 0 Å². The summed E-state index contributed by atoms with van der Waals surface area (Å²) in [5, 5.41) is 12.3. The van der Waals surface area contributed by atoms with Crippen LogP contribution in [0.2, 0.25) is 0 Å². The van der Waals surface area contributed by atoms with Crippen molar-refractivity contribution < 1.29 is 5.11 Å². The molecule has 2 atom stereocenters. The van der Waals surface area contributed by atoms with E-state index >= 15 is 0 Å². The Balaban J connectivity index is 2.07. The Hall–Kier alpha value is 0.270. The lowest BCUT2D eigenvalue weighted by atomic mass is 10.1. The summed E-state index contributed by atoms with van der Waals surface area (Å²) in [5.74, 6) is 2.60. The SMILES string of the molecule is C[C@H](CCCO)N[C@@H]1CCCSC1. The quantitative estimate of drug-likeness (QED) is 0.712. The van der Waals surface area contributed by atoms with Crippen molar-refractivity contribution in [1.29, 1.82) is 0 Å². The van der Waals surface area contributed by atoms with Gasteiger partial charge in [-0.3, -0.25) is 0 Å². The molecule has 0 saturated carbocycles. The van der Waals surface area contributed by atoms with Gasteiger partial charge in [0.15, 0.2) is 0 Å². The summed E-state index contributed by atoms with van der Waals surface area (Å²) in [6.07, 6.45) is 4.71. The smallest absolute Gasteiger partial charge is 0.0431 e. The van der Waals surface area contributed by atoms with Crippen molar-refractivity contribution in [3.63, 3.8) is 0 Å². The maximum Gasteiger partial charge on any atom is 0.0431 e. The number of hydrogen-bond donors (Lipinski definition) is 2. The average molecular weight is 203 g/mol. The van der Waals surface area contributed by atoms with Gasteiger partial charge in [0.1, 0.15) is 0 Å². The number of nitrogens with one attached hydrogen (secondary N) is 1. The van der Waals surface area contributed by atoms with Gasteiger partial charge in [-0.2, -0.15) is 11.8 Å². The molecular weight excluding hydrogens is 182 g/mol. The molecule has 0 aromatic heterocycles. The molecule has 0 amide bonds. The molecule has 0 unspecified atom stereocenters. The Bertz CT molecular complexity index is 126. The van der Waals surface area contributed by atoms with Gasteiger partial charge in [-0.1, -0.05) is 0 Å². The lowest BCUT2D eigenvalue weighted by molar-refractivity contribution is 0.273. The Morgan fingerprint density at radius 2 is 2.46 bits per heavy atom. The minimum atomic E-state index is 0.325. The summed E-state index contributed by atoms with van der Waals surface area (Å²) in [6, 6.07) is 1.28. The third kappa shape index (κ3) is 4.89. The molecule has 2 N–H and O–H groups in total. The molecule has 0 aromatic rings. The number of hydrogen-bond acceptors (Lipinski definition) is 3. The van der Waals surface area contributed by atoms with E-state index in [0.29, 0.717) is 18.7 Å². The van der Waals surface area contributed by atoms with E-state index in [0.717, 1.165) is 12.8 Å². The second-order valence-corrected chi connectivity index (χ2v) is 5.00. The highest BCUT2D eigenvalue weighted by Crippen LogP contribution is 2.17. The van der Waals surface area contributed by atoms with Gasteiger partial charge in [0.2, 0.25) is 0 Å². The normalized spacial score (nSPS) is 25.8. The van der Waals surface area contributed by atoms with Crippen LogP contribution < -0.4 is 5.32 Å². The fraction of sp³-hybridized carbons (Fsp3) is 1.00. The standard InChI is InChI=1S/C10H21NOS/c1-9(4-2-6-12)11-10-5-3-7-13-8-10/h9-12H,2-8H2,1H3/t9-,10-/m1/s1. The van der Waals surface area contributed by atoms with E-state index in [9.17, 15) is 0 Å². The molecule has 78 valence electrons. The number of aliphatic hydroxyl groups excluding tert-OH is 1. The highest BCUT2D eigenvalue weighted by Gasteiger charge is 2.15. The van der Waals surface area contributed by atoms with Crippen molar-refractivity contribution >= 4 is 11.8 Å². The Kier molecular flexibility index (Phi) is 5.83. The van der Waals surface area contributed by atoms with Crippen LogP contribution in [0.3, 0.4) is 0 Å². The highest BCUT2D eigenvalue weighted by atomic mass is 32.2. The molecule has 1 saturated heterocycles. The fourth-order valence-corrected chi connectivity index (χ4v) is 2.84. The number of rotatable bonds is 5. The van der Waals surface area contributed by atoms with Crippen LogP contribution in [0.4, 0.5) is 0 Å². The van der Waals surface area contributed by atoms with Crippen molar-refractivity contribution in [2.24, 2.45) is 0 Å². The van der Waals surface area contributed by atoms with Crippen LogP contribution in [0.25, 0.3) is 0 Å². The van der Waals surface area contributed by atoms with Gasteiger partial charge in [-0.25, -0.2) is 0 Å². The average Bonchev–Trinajstić information content (AvgIpc) is 2.16. The predicted octanol–water partition coefficient (Wildman–Crippen LogP) is 1.63. The van der Waals surface area contributed by atoms with Crippen LogP contribution in [0.5, 0.6) is 0 Å². The first-order chi connectivity index (χ1) is 6.33. The molecule has 3 heteroatoms. The van der Waals surface area contributed by atoms with Crippen molar-refractivity contribution in [1.82, 2.24) is 5.32 Å². The van der Waals surface area contributed by atoms with Gasteiger partial charge in [0.25, 0.3) is 0 Å². The second-order valence-electron chi connectivity index (χ2n) is 3.85. The molecule has 13 heavy (non-hydrogen) atoms. The van der Waals surface area contributed by atoms with E-state index in [2.05, 4.69) is 24.0 Å². The summed E-state index contributed by atoms with van der Waals surface area (Å²) in [6.45, 7) is 2.54. The summed E-state index contributed by atoms with van der Waals surface area (Å²) >= 11 is 2.06. The summed E-state index contributed by atoms with van der Waals surface area (Å²) in [7, 11) is 0. The van der Waals surface area contributed by atoms with Crippen LogP contribution >= 0.6 is 11.8 Å². The van der Waals surface area contributed by atoms with Crippen LogP contribution in [0.15, 0.2) is 0 Å². The largest absolute Gasteiger partial charge is 0.396 e. The maximum absolute atomic E-state index is 8.69. The molecule has 1 heterocycles. The lowest BCUT2D eigenvalue weighted by Crippen LogP contribution is -2.39. The van der Waals surface area contributed by atoms with Crippen molar-refractivity contribution in [3.8, 4) is 0 Å². The lowest BCUT2D eigenvalue weighted by Gasteiger charge is -2.26. The first-order valence-electron chi connectivity index (χ1n) is 5.27. The van der Waals surface area contributed by atoms with E-state index < -0.39 is 0 Å². The van der Waals surface area contributed by atoms with Gasteiger partial charge >= 0.3 is 0 Å². The monoisotopic (exact) mass is 203 g/mol. The third-order valence-electron chi connectivity index (χ3n) is 2.48. The molecule has 2 nitrogen and oxygen atoms in total. The molecule has 0 spiro atoms. The van der Waals surface area contributed by atoms with Crippen LogP contribution in [-0.4, -0.2) is 35.3 Å². The third-order valence-corrected chi connectivity index (χ3v) is 3.69. The summed E-state index contributed by atoms with van der Waals surface area (Å²) in [4.78, 5) is 0. The van der Waals surface area contributed by atoms with Gasteiger partial charge < -0.3 is 10.4 Å². The predicted molar refractivity (Wildman–Crippen MR) is 59.3 cm³/mol. The van der Waals surface area contributed by atoms with Crippen LogP contribution in [-0.2, 0) is 0 Å². The molecule has 1 rings (SSSR count). The van der Waals surface area contributed by atoms with Crippen LogP contribution in [0, 0.1) is 0 Å². The number of aliphatic hydroxyl groups is 1. The first kappa shape index (κ1) is 11.3. The van der Waals surface area contributed by atoms with E-state index in [1.807, 2.05) is 0 Å². The number of thioether (sulfide) groups is 1. The second kappa shape index (κ2) is 6.68. The molecule has 0 radical (unpaired) electrons. The molecule has 0 aromatic carbocycles. The first-order valence-corrected chi connectivity index (χ1v) is 6.43. The molecule has 1 aliphatic rings. The summed E-state index contributed by atoms with van der Waals surface area (Å²) in [5.41, 5.74) is 0. The van der Waals surface area contributed by atoms with E-state index in [1.54, 1.807) is 0 Å². The molecule has 1 aliphatic heterocycles. The van der Waals surface area contributed by atoms with Gasteiger partial charge in [-0.05, 0) is 38.4 Å². The van der Waals surface area contributed by atoms with E-state index in [1.165, 1.54) is 24.3 Å². The topological polar surface area (TPSA) is 32.3 Å². The van der Waals surface area contributed by atoms with Gasteiger partial charge in [-0.15, -0.1) is 0 Å². The zero-order valence-corrected chi connectivity index (χ0v) is 9.28. The van der Waals surface area contributed by atoms with E-state index in [4.69, 9.17) is 5.11 Å². The summed E-state index contributed by atoms with van der Waals surface area (Å²) < 4.78 is 0. The van der Waals surface area contributed by atoms with Crippen molar-refractivity contribution in [2.45, 2.75) is 44.7 Å². The minimum Gasteiger partial charge on any atom is -0.396 e. The van der Waals surface area contributed by atoms with Gasteiger partial charge in [0, 0.05) is 24.4 Å². The molecule has 1 fully saturated rings. The Labute approximate surface area is 85.5 Å². The maximum atomic E-state index is 8.69. The Morgan fingerprint density at radius 1 is 1.62 bits per heavy atom. The zero-order valence-electron chi connectivity index (χ0n) is 8.46. The fourth-order valence-electron chi connectivity index (χ4n) is 1.76. The molecular formula is C10H21NOS. The minimum absolute atomic E-state index is 0.325.